The fraction of sp³-hybridized carbons (Fsp3) is 0.300. The van der Waals surface area contributed by atoms with E-state index in [1.807, 2.05) is 11.8 Å². The van der Waals surface area contributed by atoms with Crippen molar-refractivity contribution in [2.24, 2.45) is 5.92 Å². The number of hydrogen-bond donors (Lipinski definition) is 0. The second-order valence-electron chi connectivity index (χ2n) is 5.50. The van der Waals surface area contributed by atoms with E-state index in [2.05, 4.69) is 81.9 Å². The van der Waals surface area contributed by atoms with Gasteiger partial charge in [0.1, 0.15) is 0 Å². The van der Waals surface area contributed by atoms with Crippen molar-refractivity contribution in [1.82, 2.24) is 0 Å². The molecule has 2 aromatic carbocycles. The third kappa shape index (κ3) is 4.01. The van der Waals surface area contributed by atoms with Crippen LogP contribution in [-0.4, -0.2) is 0 Å². The average Bonchev–Trinajstić information content (AvgIpc) is 2.54. The molecule has 0 aromatic heterocycles. The van der Waals surface area contributed by atoms with Crippen LogP contribution in [0.3, 0.4) is 0 Å². The summed E-state index contributed by atoms with van der Waals surface area (Å²) < 4.78 is 0. The first-order valence-electron chi connectivity index (χ1n) is 7.63. The van der Waals surface area contributed by atoms with E-state index in [1.54, 1.807) is 0 Å². The topological polar surface area (TPSA) is 0 Å². The van der Waals surface area contributed by atoms with Gasteiger partial charge in [0.25, 0.3) is 0 Å². The molecule has 0 fully saturated rings. The van der Waals surface area contributed by atoms with Crippen molar-refractivity contribution in [2.45, 2.75) is 37.3 Å². The summed E-state index contributed by atoms with van der Waals surface area (Å²) in [5, 5.41) is 0.442. The van der Waals surface area contributed by atoms with Gasteiger partial charge in [-0.25, -0.2) is 0 Å². The second kappa shape index (κ2) is 7.51. The lowest BCUT2D eigenvalue weighted by Gasteiger charge is -2.19. The van der Waals surface area contributed by atoms with Gasteiger partial charge in [0.2, 0.25) is 0 Å². The van der Waals surface area contributed by atoms with E-state index in [-0.39, 0.29) is 0 Å². The Morgan fingerprint density at radius 2 is 1.62 bits per heavy atom. The molecule has 0 N–H and O–H groups in total. The minimum absolute atomic E-state index is 0.442. The first-order valence-corrected chi connectivity index (χ1v) is 8.51. The molecule has 0 aliphatic rings. The van der Waals surface area contributed by atoms with Crippen molar-refractivity contribution in [3.8, 4) is 0 Å². The van der Waals surface area contributed by atoms with E-state index in [0.29, 0.717) is 11.2 Å². The van der Waals surface area contributed by atoms with Crippen LogP contribution in [0.25, 0.3) is 5.57 Å². The molecule has 0 spiro atoms. The quantitative estimate of drug-likeness (QED) is 0.541. The predicted octanol–water partition coefficient (Wildman–Crippen LogP) is 6.60. The van der Waals surface area contributed by atoms with Crippen molar-refractivity contribution in [2.75, 3.05) is 0 Å². The van der Waals surface area contributed by atoms with E-state index in [4.69, 9.17) is 0 Å². The molecule has 0 radical (unpaired) electrons. The monoisotopic (exact) mass is 296 g/mol. The molecule has 2 atom stereocenters. The first kappa shape index (κ1) is 15.9. The van der Waals surface area contributed by atoms with Crippen LogP contribution in [0.1, 0.15) is 43.6 Å². The highest BCUT2D eigenvalue weighted by Gasteiger charge is 2.14. The van der Waals surface area contributed by atoms with Gasteiger partial charge in [-0.3, -0.25) is 0 Å². The standard InChI is InChI=1S/C20H24S/c1-5-15(2)16(3)19-13-9-10-14-20(19)21-17(4)18-11-7-6-8-12-18/h6-15,17H,3,5H2,1-2,4H3. The summed E-state index contributed by atoms with van der Waals surface area (Å²) in [6.45, 7) is 11.1. The molecule has 21 heavy (non-hydrogen) atoms. The maximum atomic E-state index is 4.32. The minimum Gasteiger partial charge on any atom is -0.118 e. The van der Waals surface area contributed by atoms with Crippen LogP contribution >= 0.6 is 11.8 Å². The molecule has 0 heterocycles. The maximum absolute atomic E-state index is 4.32. The molecule has 1 heteroatoms. The third-order valence-corrected chi connectivity index (χ3v) is 5.25. The molecule has 0 aliphatic heterocycles. The van der Waals surface area contributed by atoms with Gasteiger partial charge in [-0.1, -0.05) is 69.0 Å². The zero-order valence-corrected chi connectivity index (χ0v) is 14.0. The third-order valence-electron chi connectivity index (χ3n) is 4.01. The Labute approximate surface area is 133 Å². The molecule has 0 aliphatic carbocycles. The summed E-state index contributed by atoms with van der Waals surface area (Å²) >= 11 is 1.92. The van der Waals surface area contributed by atoms with Crippen molar-refractivity contribution < 1.29 is 0 Å². The second-order valence-corrected chi connectivity index (χ2v) is 6.88. The molecule has 2 rings (SSSR count). The van der Waals surface area contributed by atoms with Crippen LogP contribution < -0.4 is 0 Å². The summed E-state index contributed by atoms with van der Waals surface area (Å²) in [6, 6.07) is 19.3. The Hall–Kier alpha value is -1.47. The van der Waals surface area contributed by atoms with Crippen LogP contribution in [0.15, 0.2) is 66.1 Å². The molecule has 2 unspecified atom stereocenters. The fourth-order valence-electron chi connectivity index (χ4n) is 2.33. The SMILES string of the molecule is C=C(c1ccccc1SC(C)c1ccccc1)C(C)CC. The Morgan fingerprint density at radius 1 is 1.00 bits per heavy atom. The zero-order chi connectivity index (χ0) is 15.2. The summed E-state index contributed by atoms with van der Waals surface area (Å²) in [6.07, 6.45) is 1.13. The summed E-state index contributed by atoms with van der Waals surface area (Å²) in [5.41, 5.74) is 3.92. The van der Waals surface area contributed by atoms with E-state index in [0.717, 1.165) is 6.42 Å². The van der Waals surface area contributed by atoms with Gasteiger partial charge in [0.15, 0.2) is 0 Å². The Balaban J connectivity index is 2.23. The van der Waals surface area contributed by atoms with Crippen molar-refractivity contribution >= 4 is 17.3 Å². The van der Waals surface area contributed by atoms with Crippen LogP contribution in [0.5, 0.6) is 0 Å². The number of allylic oxidation sites excluding steroid dienone is 1. The predicted molar refractivity (Wildman–Crippen MR) is 95.6 cm³/mol. The van der Waals surface area contributed by atoms with E-state index < -0.39 is 0 Å². The molecule has 110 valence electrons. The number of thioether (sulfide) groups is 1. The smallest absolute Gasteiger partial charge is 0.0316 e. The molecule has 0 bridgehead atoms. The molecule has 2 aromatic rings. The van der Waals surface area contributed by atoms with Gasteiger partial charge >= 0.3 is 0 Å². The zero-order valence-electron chi connectivity index (χ0n) is 13.2. The fourth-order valence-corrected chi connectivity index (χ4v) is 3.49. The highest BCUT2D eigenvalue weighted by atomic mass is 32.2. The summed E-state index contributed by atoms with van der Waals surface area (Å²) in [4.78, 5) is 1.33. The van der Waals surface area contributed by atoms with Crippen LogP contribution in [0, 0.1) is 5.92 Å². The van der Waals surface area contributed by atoms with Gasteiger partial charge in [-0.05, 0) is 42.0 Å². The molecule has 0 amide bonds. The Morgan fingerprint density at radius 3 is 2.29 bits per heavy atom. The summed E-state index contributed by atoms with van der Waals surface area (Å²) in [7, 11) is 0. The largest absolute Gasteiger partial charge is 0.118 e. The maximum Gasteiger partial charge on any atom is 0.0316 e. The van der Waals surface area contributed by atoms with Gasteiger partial charge < -0.3 is 0 Å². The summed E-state index contributed by atoms with van der Waals surface area (Å²) in [5.74, 6) is 0.527. The van der Waals surface area contributed by atoms with Crippen molar-refractivity contribution in [3.05, 3.63) is 72.3 Å². The van der Waals surface area contributed by atoms with Crippen molar-refractivity contribution in [1.29, 1.82) is 0 Å². The van der Waals surface area contributed by atoms with Gasteiger partial charge in [0, 0.05) is 10.1 Å². The number of rotatable bonds is 6. The average molecular weight is 296 g/mol. The molecular formula is C20H24S. The highest BCUT2D eigenvalue weighted by Crippen LogP contribution is 2.39. The lowest BCUT2D eigenvalue weighted by atomic mass is 9.93. The Bertz CT molecular complexity index is 586. The number of benzene rings is 2. The van der Waals surface area contributed by atoms with Gasteiger partial charge in [-0.2, -0.15) is 0 Å². The van der Waals surface area contributed by atoms with Crippen LogP contribution in [0.4, 0.5) is 0 Å². The lowest BCUT2D eigenvalue weighted by molar-refractivity contribution is 0.717. The van der Waals surface area contributed by atoms with Gasteiger partial charge in [-0.15, -0.1) is 11.8 Å². The van der Waals surface area contributed by atoms with E-state index >= 15 is 0 Å². The number of hydrogen-bond acceptors (Lipinski definition) is 1. The molecule has 0 saturated carbocycles. The minimum atomic E-state index is 0.442. The van der Waals surface area contributed by atoms with Crippen LogP contribution in [0.2, 0.25) is 0 Å². The normalized spacial score (nSPS) is 13.7. The molecule has 0 saturated heterocycles. The lowest BCUT2D eigenvalue weighted by Crippen LogP contribution is -1.98. The molecule has 0 nitrogen and oxygen atoms in total. The van der Waals surface area contributed by atoms with Crippen LogP contribution in [-0.2, 0) is 0 Å². The highest BCUT2D eigenvalue weighted by molar-refractivity contribution is 7.99. The van der Waals surface area contributed by atoms with Gasteiger partial charge in [0.05, 0.1) is 0 Å². The Kier molecular flexibility index (Phi) is 5.69. The first-order chi connectivity index (χ1) is 10.1. The van der Waals surface area contributed by atoms with E-state index in [1.165, 1.54) is 21.6 Å². The van der Waals surface area contributed by atoms with E-state index in [9.17, 15) is 0 Å². The molecular weight excluding hydrogens is 272 g/mol. The van der Waals surface area contributed by atoms with Crippen molar-refractivity contribution in [3.63, 3.8) is 0 Å².